The van der Waals surface area contributed by atoms with E-state index < -0.39 is 0 Å². The van der Waals surface area contributed by atoms with Crippen LogP contribution in [0.15, 0.2) is 23.8 Å². The fraction of sp³-hybridized carbons (Fsp3) is 0.583. The Morgan fingerprint density at radius 2 is 2.31 bits per heavy atom. The molecule has 4 atom stereocenters. The van der Waals surface area contributed by atoms with Crippen LogP contribution in [0, 0.1) is 23.7 Å². The number of hydrogen-bond acceptors (Lipinski definition) is 1. The molecule has 0 N–H and O–H groups in total. The van der Waals surface area contributed by atoms with Crippen molar-refractivity contribution in [3.63, 3.8) is 0 Å². The number of hydrogen-bond donors (Lipinski definition) is 0. The van der Waals surface area contributed by atoms with Crippen LogP contribution in [0.25, 0.3) is 0 Å². The Morgan fingerprint density at radius 3 is 3.08 bits per heavy atom. The van der Waals surface area contributed by atoms with Crippen LogP contribution in [0.5, 0.6) is 0 Å². The number of ketones is 1. The summed E-state index contributed by atoms with van der Waals surface area (Å²) >= 11 is 0. The van der Waals surface area contributed by atoms with E-state index >= 15 is 0 Å². The average Bonchev–Trinajstić information content (AvgIpc) is 2.51. The summed E-state index contributed by atoms with van der Waals surface area (Å²) in [5.41, 5.74) is 1.33. The fourth-order valence-corrected chi connectivity index (χ4v) is 3.42. The molecular formula is C12H14O. The highest BCUT2D eigenvalue weighted by molar-refractivity contribution is 5.87. The summed E-state index contributed by atoms with van der Waals surface area (Å²) in [5, 5.41) is 0. The molecule has 1 saturated carbocycles. The Morgan fingerprint density at radius 1 is 1.46 bits per heavy atom. The number of allylic oxidation sites excluding steroid dienone is 4. The van der Waals surface area contributed by atoms with Crippen LogP contribution < -0.4 is 0 Å². The normalized spacial score (nSPS) is 46.5. The van der Waals surface area contributed by atoms with E-state index in [-0.39, 0.29) is 5.92 Å². The van der Waals surface area contributed by atoms with Crippen molar-refractivity contribution in [1.82, 2.24) is 0 Å². The molecule has 0 aromatic rings. The summed E-state index contributed by atoms with van der Waals surface area (Å²) < 4.78 is 0. The van der Waals surface area contributed by atoms with Crippen molar-refractivity contribution in [2.24, 2.45) is 23.7 Å². The van der Waals surface area contributed by atoms with Gasteiger partial charge >= 0.3 is 0 Å². The Balaban J connectivity index is 2.09. The topological polar surface area (TPSA) is 17.1 Å². The molecule has 1 nitrogen and oxygen atoms in total. The van der Waals surface area contributed by atoms with Gasteiger partial charge in [0.1, 0.15) is 5.78 Å². The van der Waals surface area contributed by atoms with Gasteiger partial charge in [-0.15, -0.1) is 0 Å². The monoisotopic (exact) mass is 174 g/mol. The predicted molar refractivity (Wildman–Crippen MR) is 51.1 cm³/mol. The molecule has 0 aliphatic heterocycles. The quantitative estimate of drug-likeness (QED) is 0.515. The van der Waals surface area contributed by atoms with Crippen LogP contribution in [-0.2, 0) is 4.79 Å². The molecule has 0 aromatic heterocycles. The second kappa shape index (κ2) is 2.34. The SMILES string of the molecule is CC1=CC2CC(=O)C1[C@@H]1C=CC[C@H]21. The second-order valence-corrected chi connectivity index (χ2v) is 4.63. The number of carbonyl (C=O) groups excluding carboxylic acids is 1. The zero-order chi connectivity index (χ0) is 9.00. The van der Waals surface area contributed by atoms with Gasteiger partial charge in [0.05, 0.1) is 0 Å². The van der Waals surface area contributed by atoms with E-state index in [0.29, 0.717) is 17.6 Å². The lowest BCUT2D eigenvalue weighted by molar-refractivity contribution is -0.128. The summed E-state index contributed by atoms with van der Waals surface area (Å²) in [4.78, 5) is 11.7. The molecule has 4 aliphatic carbocycles. The molecule has 0 saturated heterocycles. The maximum Gasteiger partial charge on any atom is 0.141 e. The maximum atomic E-state index is 11.7. The van der Waals surface area contributed by atoms with Crippen molar-refractivity contribution in [3.05, 3.63) is 23.8 Å². The molecule has 0 spiro atoms. The molecule has 4 aliphatic rings. The van der Waals surface area contributed by atoms with Gasteiger partial charge in [-0.25, -0.2) is 0 Å². The molecule has 4 rings (SSSR count). The number of Topliss-reactive ketones (excluding diaryl/α,β-unsaturated/α-hetero) is 1. The molecular weight excluding hydrogens is 160 g/mol. The smallest absolute Gasteiger partial charge is 0.141 e. The van der Waals surface area contributed by atoms with Crippen molar-refractivity contribution in [3.8, 4) is 0 Å². The Hall–Kier alpha value is -0.850. The van der Waals surface area contributed by atoms with E-state index in [1.807, 2.05) is 0 Å². The first-order chi connectivity index (χ1) is 6.27. The highest BCUT2D eigenvalue weighted by Gasteiger charge is 2.47. The summed E-state index contributed by atoms with van der Waals surface area (Å²) in [6, 6.07) is 0. The minimum Gasteiger partial charge on any atom is -0.299 e. The van der Waals surface area contributed by atoms with E-state index in [1.54, 1.807) is 0 Å². The Labute approximate surface area is 78.5 Å². The lowest BCUT2D eigenvalue weighted by Crippen LogP contribution is -2.42. The molecule has 0 heterocycles. The largest absolute Gasteiger partial charge is 0.299 e. The molecule has 68 valence electrons. The van der Waals surface area contributed by atoms with Crippen molar-refractivity contribution < 1.29 is 4.79 Å². The van der Waals surface area contributed by atoms with Crippen LogP contribution in [0.4, 0.5) is 0 Å². The third kappa shape index (κ3) is 0.849. The second-order valence-electron chi connectivity index (χ2n) is 4.63. The molecule has 13 heavy (non-hydrogen) atoms. The summed E-state index contributed by atoms with van der Waals surface area (Å²) in [6.07, 6.45) is 8.89. The number of carbonyl (C=O) groups is 1. The minimum atomic E-state index is 0.244. The van der Waals surface area contributed by atoms with Gasteiger partial charge < -0.3 is 0 Å². The molecule has 0 amide bonds. The van der Waals surface area contributed by atoms with Gasteiger partial charge in [0.15, 0.2) is 0 Å². The highest BCUT2D eigenvalue weighted by Crippen LogP contribution is 2.50. The minimum absolute atomic E-state index is 0.244. The molecule has 0 aromatic carbocycles. The van der Waals surface area contributed by atoms with Crippen LogP contribution >= 0.6 is 0 Å². The van der Waals surface area contributed by atoms with E-state index in [1.165, 1.54) is 12.0 Å². The van der Waals surface area contributed by atoms with Crippen LogP contribution in [0.2, 0.25) is 0 Å². The van der Waals surface area contributed by atoms with Gasteiger partial charge in [-0.3, -0.25) is 4.79 Å². The van der Waals surface area contributed by atoms with Crippen molar-refractivity contribution in [2.75, 3.05) is 0 Å². The average molecular weight is 174 g/mol. The number of fused-ring (bicyclic) bond motifs is 1. The van der Waals surface area contributed by atoms with E-state index in [2.05, 4.69) is 25.2 Å². The highest BCUT2D eigenvalue weighted by atomic mass is 16.1. The summed E-state index contributed by atoms with van der Waals surface area (Å²) in [5.74, 6) is 2.59. The Bertz CT molecular complexity index is 324. The molecule has 1 fully saturated rings. The molecule has 2 unspecified atom stereocenters. The van der Waals surface area contributed by atoms with Crippen LogP contribution in [0.1, 0.15) is 19.8 Å². The summed E-state index contributed by atoms with van der Waals surface area (Å²) in [7, 11) is 0. The van der Waals surface area contributed by atoms with Crippen molar-refractivity contribution in [2.45, 2.75) is 19.8 Å². The lowest BCUT2D eigenvalue weighted by atomic mass is 9.60. The lowest BCUT2D eigenvalue weighted by Gasteiger charge is -2.42. The summed E-state index contributed by atoms with van der Waals surface area (Å²) in [6.45, 7) is 2.12. The molecule has 2 bridgehead atoms. The van der Waals surface area contributed by atoms with Gasteiger partial charge in [-0.1, -0.05) is 23.8 Å². The first kappa shape index (κ1) is 7.54. The number of rotatable bonds is 0. The van der Waals surface area contributed by atoms with Crippen molar-refractivity contribution >= 4 is 5.78 Å². The molecule has 1 heteroatoms. The van der Waals surface area contributed by atoms with Gasteiger partial charge in [0.25, 0.3) is 0 Å². The third-order valence-corrected chi connectivity index (χ3v) is 3.95. The first-order valence-corrected chi connectivity index (χ1v) is 5.15. The Kier molecular flexibility index (Phi) is 1.36. The van der Waals surface area contributed by atoms with Gasteiger partial charge in [0.2, 0.25) is 0 Å². The predicted octanol–water partition coefficient (Wildman–Crippen LogP) is 2.34. The van der Waals surface area contributed by atoms with Crippen molar-refractivity contribution in [1.29, 1.82) is 0 Å². The first-order valence-electron chi connectivity index (χ1n) is 5.15. The van der Waals surface area contributed by atoms with Gasteiger partial charge in [0, 0.05) is 12.3 Å². The van der Waals surface area contributed by atoms with E-state index in [0.717, 1.165) is 12.3 Å². The van der Waals surface area contributed by atoms with E-state index in [9.17, 15) is 4.79 Å². The standard InChI is InChI=1S/C12H14O/c1-7-5-8-6-11(13)12(7)10-4-2-3-9(8)10/h2,4-5,8-10,12H,3,6H2,1H3/t8?,9-,10-,12?/m1/s1. The van der Waals surface area contributed by atoms with Crippen LogP contribution in [0.3, 0.4) is 0 Å². The third-order valence-electron chi connectivity index (χ3n) is 3.95. The van der Waals surface area contributed by atoms with Gasteiger partial charge in [-0.05, 0) is 31.1 Å². The zero-order valence-electron chi connectivity index (χ0n) is 7.86. The van der Waals surface area contributed by atoms with E-state index in [4.69, 9.17) is 0 Å². The zero-order valence-corrected chi connectivity index (χ0v) is 7.86. The molecule has 0 radical (unpaired) electrons. The fourth-order valence-electron chi connectivity index (χ4n) is 3.42. The van der Waals surface area contributed by atoms with Crippen LogP contribution in [-0.4, -0.2) is 5.78 Å². The van der Waals surface area contributed by atoms with Gasteiger partial charge in [-0.2, -0.15) is 0 Å². The maximum absolute atomic E-state index is 11.7.